The van der Waals surface area contributed by atoms with Gasteiger partial charge in [-0.25, -0.2) is 0 Å². The lowest BCUT2D eigenvalue weighted by molar-refractivity contribution is 0.119. The molecule has 0 atom stereocenters. The third kappa shape index (κ3) is 4.22. The van der Waals surface area contributed by atoms with Crippen LogP contribution in [0.1, 0.15) is 51.9 Å². The molecule has 3 heteroatoms. The van der Waals surface area contributed by atoms with Crippen LogP contribution in [-0.2, 0) is 4.74 Å². The van der Waals surface area contributed by atoms with Crippen LogP contribution in [0.2, 0.25) is 0 Å². The van der Waals surface area contributed by atoms with E-state index in [1.54, 1.807) is 0 Å². The Labute approximate surface area is 112 Å². The molecule has 1 heterocycles. The Balaban J connectivity index is 1.79. The Morgan fingerprint density at radius 1 is 1.17 bits per heavy atom. The van der Waals surface area contributed by atoms with Crippen LogP contribution >= 0.6 is 0 Å². The first-order valence-corrected chi connectivity index (χ1v) is 7.90. The van der Waals surface area contributed by atoms with Crippen LogP contribution in [0.4, 0.5) is 0 Å². The van der Waals surface area contributed by atoms with Gasteiger partial charge in [0, 0.05) is 31.8 Å². The summed E-state index contributed by atoms with van der Waals surface area (Å²) in [6.07, 6.45) is 9.53. The Morgan fingerprint density at radius 2 is 2.00 bits per heavy atom. The maximum absolute atomic E-state index is 5.45. The number of nitrogens with zero attached hydrogens (tertiary/aromatic N) is 1. The van der Waals surface area contributed by atoms with Gasteiger partial charge in [0.15, 0.2) is 0 Å². The van der Waals surface area contributed by atoms with Crippen molar-refractivity contribution in [3.63, 3.8) is 0 Å². The van der Waals surface area contributed by atoms with Crippen LogP contribution in [0.25, 0.3) is 0 Å². The molecule has 18 heavy (non-hydrogen) atoms. The molecule has 2 rings (SSSR count). The smallest absolute Gasteiger partial charge is 0.0478 e. The number of hydrogen-bond donors (Lipinski definition) is 1. The van der Waals surface area contributed by atoms with E-state index in [1.807, 2.05) is 0 Å². The average Bonchev–Trinajstić information content (AvgIpc) is 2.59. The molecule has 106 valence electrons. The molecule has 1 saturated carbocycles. The summed E-state index contributed by atoms with van der Waals surface area (Å²) in [5.74, 6) is 0. The third-order valence-corrected chi connectivity index (χ3v) is 4.46. The molecule has 0 bridgehead atoms. The molecule has 2 aliphatic rings. The number of rotatable bonds is 5. The second kappa shape index (κ2) is 7.46. The monoisotopic (exact) mass is 254 g/mol. The van der Waals surface area contributed by atoms with E-state index in [0.717, 1.165) is 13.2 Å². The van der Waals surface area contributed by atoms with Crippen LogP contribution in [0.15, 0.2) is 0 Å². The standard InChI is InChI=1S/C15H30N2O/c1-2-18-13-7-12-17-11-6-10-16-15(14-17)8-4-3-5-9-15/h16H,2-14H2,1H3. The quantitative estimate of drug-likeness (QED) is 0.763. The molecule has 0 aromatic rings. The van der Waals surface area contributed by atoms with Crippen LogP contribution < -0.4 is 5.32 Å². The van der Waals surface area contributed by atoms with Gasteiger partial charge in [-0.15, -0.1) is 0 Å². The Hall–Kier alpha value is -0.120. The van der Waals surface area contributed by atoms with Crippen molar-refractivity contribution in [3.05, 3.63) is 0 Å². The lowest BCUT2D eigenvalue weighted by Crippen LogP contribution is -2.52. The molecule has 1 N–H and O–H groups in total. The summed E-state index contributed by atoms with van der Waals surface area (Å²) >= 11 is 0. The first-order valence-electron chi connectivity index (χ1n) is 7.90. The van der Waals surface area contributed by atoms with Crippen molar-refractivity contribution in [2.24, 2.45) is 0 Å². The van der Waals surface area contributed by atoms with Crippen LogP contribution in [0, 0.1) is 0 Å². The van der Waals surface area contributed by atoms with Crippen molar-refractivity contribution in [3.8, 4) is 0 Å². The van der Waals surface area contributed by atoms with Gasteiger partial charge in [-0.2, -0.15) is 0 Å². The Bertz CT molecular complexity index is 227. The minimum Gasteiger partial charge on any atom is -0.382 e. The van der Waals surface area contributed by atoms with E-state index in [9.17, 15) is 0 Å². The number of nitrogens with one attached hydrogen (secondary N) is 1. The van der Waals surface area contributed by atoms with Gasteiger partial charge in [0.2, 0.25) is 0 Å². The molecule has 3 nitrogen and oxygen atoms in total. The first-order chi connectivity index (χ1) is 8.85. The largest absolute Gasteiger partial charge is 0.382 e. The van der Waals surface area contributed by atoms with E-state index in [-0.39, 0.29) is 0 Å². The number of ether oxygens (including phenoxy) is 1. The summed E-state index contributed by atoms with van der Waals surface area (Å²) < 4.78 is 5.45. The molecule has 1 aliphatic carbocycles. The molecule has 0 amide bonds. The van der Waals surface area contributed by atoms with Crippen LogP contribution in [0.3, 0.4) is 0 Å². The molecule has 0 radical (unpaired) electrons. The van der Waals surface area contributed by atoms with Crippen molar-refractivity contribution in [2.75, 3.05) is 39.4 Å². The van der Waals surface area contributed by atoms with Crippen LogP contribution in [-0.4, -0.2) is 49.8 Å². The van der Waals surface area contributed by atoms with Crippen molar-refractivity contribution >= 4 is 0 Å². The van der Waals surface area contributed by atoms with Gasteiger partial charge >= 0.3 is 0 Å². The van der Waals surface area contributed by atoms with Crippen molar-refractivity contribution in [2.45, 2.75) is 57.4 Å². The summed E-state index contributed by atoms with van der Waals surface area (Å²) in [5, 5.41) is 3.86. The lowest BCUT2D eigenvalue weighted by atomic mass is 9.81. The zero-order chi connectivity index (χ0) is 12.7. The highest BCUT2D eigenvalue weighted by atomic mass is 16.5. The predicted octanol–water partition coefficient (Wildman–Crippen LogP) is 2.41. The van der Waals surface area contributed by atoms with Gasteiger partial charge in [0.1, 0.15) is 0 Å². The van der Waals surface area contributed by atoms with Crippen molar-refractivity contribution in [1.29, 1.82) is 0 Å². The topological polar surface area (TPSA) is 24.5 Å². The Kier molecular flexibility index (Phi) is 5.93. The van der Waals surface area contributed by atoms with Gasteiger partial charge < -0.3 is 15.0 Å². The summed E-state index contributed by atoms with van der Waals surface area (Å²) in [6, 6.07) is 0. The molecule has 2 fully saturated rings. The van der Waals surface area contributed by atoms with E-state index in [4.69, 9.17) is 4.74 Å². The first kappa shape index (κ1) is 14.3. The summed E-state index contributed by atoms with van der Waals surface area (Å²) in [6.45, 7) is 8.80. The zero-order valence-electron chi connectivity index (χ0n) is 12.0. The summed E-state index contributed by atoms with van der Waals surface area (Å²) in [5.41, 5.74) is 0.445. The summed E-state index contributed by atoms with van der Waals surface area (Å²) in [7, 11) is 0. The number of hydrogen-bond acceptors (Lipinski definition) is 3. The highest BCUT2D eigenvalue weighted by Crippen LogP contribution is 2.30. The predicted molar refractivity (Wildman–Crippen MR) is 76.0 cm³/mol. The second-order valence-corrected chi connectivity index (χ2v) is 5.95. The van der Waals surface area contributed by atoms with E-state index in [2.05, 4.69) is 17.1 Å². The van der Waals surface area contributed by atoms with E-state index in [1.165, 1.54) is 71.1 Å². The molecule has 1 saturated heterocycles. The molecule has 0 aromatic heterocycles. The van der Waals surface area contributed by atoms with Crippen molar-refractivity contribution < 1.29 is 4.74 Å². The van der Waals surface area contributed by atoms with Gasteiger partial charge in [-0.05, 0) is 45.7 Å². The molecule has 0 aromatic carbocycles. The zero-order valence-corrected chi connectivity index (χ0v) is 12.0. The van der Waals surface area contributed by atoms with Gasteiger partial charge in [-0.1, -0.05) is 19.3 Å². The van der Waals surface area contributed by atoms with E-state index < -0.39 is 0 Å². The average molecular weight is 254 g/mol. The lowest BCUT2D eigenvalue weighted by Gasteiger charge is -2.40. The van der Waals surface area contributed by atoms with Gasteiger partial charge in [0.25, 0.3) is 0 Å². The SMILES string of the molecule is CCOCCCN1CCCNC2(CCCCC2)C1. The maximum Gasteiger partial charge on any atom is 0.0478 e. The summed E-state index contributed by atoms with van der Waals surface area (Å²) in [4.78, 5) is 2.67. The molecule has 0 unspecified atom stereocenters. The minimum atomic E-state index is 0.445. The maximum atomic E-state index is 5.45. The third-order valence-electron chi connectivity index (χ3n) is 4.46. The fourth-order valence-electron chi connectivity index (χ4n) is 3.51. The van der Waals surface area contributed by atoms with Crippen molar-refractivity contribution in [1.82, 2.24) is 10.2 Å². The fraction of sp³-hybridized carbons (Fsp3) is 1.00. The molecule has 1 spiro atoms. The second-order valence-electron chi connectivity index (χ2n) is 5.95. The highest BCUT2D eigenvalue weighted by Gasteiger charge is 2.34. The van der Waals surface area contributed by atoms with E-state index in [0.29, 0.717) is 5.54 Å². The fourth-order valence-corrected chi connectivity index (χ4v) is 3.51. The Morgan fingerprint density at radius 3 is 2.78 bits per heavy atom. The minimum absolute atomic E-state index is 0.445. The molecular formula is C15H30N2O. The van der Waals surface area contributed by atoms with Gasteiger partial charge in [-0.3, -0.25) is 0 Å². The molecule has 1 aliphatic heterocycles. The molecular weight excluding hydrogens is 224 g/mol. The van der Waals surface area contributed by atoms with Gasteiger partial charge in [0.05, 0.1) is 0 Å². The highest BCUT2D eigenvalue weighted by molar-refractivity contribution is 4.95. The van der Waals surface area contributed by atoms with Crippen LogP contribution in [0.5, 0.6) is 0 Å². The van der Waals surface area contributed by atoms with E-state index >= 15 is 0 Å². The normalized spacial score (nSPS) is 25.2.